The highest BCUT2D eigenvalue weighted by atomic mass is 32.1. The minimum Gasteiger partial charge on any atom is -0.406 e. The number of alkyl halides is 3. The predicted molar refractivity (Wildman–Crippen MR) is 148 cm³/mol. The van der Waals surface area contributed by atoms with E-state index in [1.165, 1.54) is 40.9 Å². The fourth-order valence-corrected chi connectivity index (χ4v) is 6.50. The number of hydrogen-bond acceptors (Lipinski definition) is 9. The van der Waals surface area contributed by atoms with Crippen molar-refractivity contribution in [3.8, 4) is 5.75 Å². The first kappa shape index (κ1) is 28.6. The third-order valence-corrected chi connectivity index (χ3v) is 8.45. The molecule has 2 atom stereocenters. The molecule has 1 unspecified atom stereocenters. The molecule has 4 aromatic rings. The van der Waals surface area contributed by atoms with Gasteiger partial charge in [-0.05, 0) is 42.5 Å². The van der Waals surface area contributed by atoms with Crippen LogP contribution in [-0.4, -0.2) is 38.6 Å². The standard InChI is InChI=1S/C27H25F3N6O3S2/c28-27(29,30)39-20-11-4-8-17(12-20)14-22(38)32-26-36-34-24(41-26)19-10-5-9-18(15-19)23-33-35-25(40-23)31-21(37)13-16-6-2-1-3-7-16/h1-4,6-8,11-12,18-19H,5,9-10,13-15H2,(H,31,35,37)(H,32,36,38)/t18?,19-/m0/s1. The van der Waals surface area contributed by atoms with Crippen molar-refractivity contribution in [3.05, 3.63) is 75.7 Å². The molecule has 0 bridgehead atoms. The second-order valence-corrected chi connectivity index (χ2v) is 11.6. The van der Waals surface area contributed by atoms with Gasteiger partial charge in [-0.15, -0.1) is 33.6 Å². The number of anilines is 2. The lowest BCUT2D eigenvalue weighted by molar-refractivity contribution is -0.274. The Hall–Kier alpha value is -3.91. The van der Waals surface area contributed by atoms with E-state index in [4.69, 9.17) is 0 Å². The number of aromatic nitrogens is 4. The largest absolute Gasteiger partial charge is 0.573 e. The van der Waals surface area contributed by atoms with E-state index in [1.807, 2.05) is 30.3 Å². The van der Waals surface area contributed by atoms with Gasteiger partial charge in [0.2, 0.25) is 22.1 Å². The minimum absolute atomic E-state index is 0.133. The molecule has 1 fully saturated rings. The predicted octanol–water partition coefficient (Wildman–Crippen LogP) is 6.09. The van der Waals surface area contributed by atoms with Crippen molar-refractivity contribution in [2.45, 2.75) is 56.7 Å². The van der Waals surface area contributed by atoms with Crippen molar-refractivity contribution in [3.63, 3.8) is 0 Å². The normalized spacial score (nSPS) is 17.1. The van der Waals surface area contributed by atoms with E-state index >= 15 is 0 Å². The highest BCUT2D eigenvalue weighted by Gasteiger charge is 2.31. The van der Waals surface area contributed by atoms with Crippen molar-refractivity contribution >= 4 is 44.8 Å². The second-order valence-electron chi connectivity index (χ2n) is 9.58. The van der Waals surface area contributed by atoms with Crippen LogP contribution < -0.4 is 15.4 Å². The van der Waals surface area contributed by atoms with Crippen LogP contribution in [-0.2, 0) is 22.4 Å². The molecule has 1 saturated carbocycles. The summed E-state index contributed by atoms with van der Waals surface area (Å²) in [6.45, 7) is 0. The van der Waals surface area contributed by atoms with Crippen LogP contribution in [0.4, 0.5) is 23.4 Å². The summed E-state index contributed by atoms with van der Waals surface area (Å²) in [5.74, 6) is -0.655. The Morgan fingerprint density at radius 3 is 1.95 bits per heavy atom. The topological polar surface area (TPSA) is 119 Å². The van der Waals surface area contributed by atoms with Gasteiger partial charge in [0, 0.05) is 11.8 Å². The van der Waals surface area contributed by atoms with Crippen LogP contribution in [0.15, 0.2) is 54.6 Å². The Labute approximate surface area is 241 Å². The molecule has 214 valence electrons. The molecule has 41 heavy (non-hydrogen) atoms. The van der Waals surface area contributed by atoms with E-state index in [9.17, 15) is 22.8 Å². The smallest absolute Gasteiger partial charge is 0.406 e. The molecule has 2 aromatic heterocycles. The van der Waals surface area contributed by atoms with Gasteiger partial charge in [-0.25, -0.2) is 0 Å². The van der Waals surface area contributed by atoms with Gasteiger partial charge in [-0.2, -0.15) is 0 Å². The molecule has 2 N–H and O–H groups in total. The zero-order valence-electron chi connectivity index (χ0n) is 21.6. The number of rotatable bonds is 9. The van der Waals surface area contributed by atoms with Crippen molar-refractivity contribution < 1.29 is 27.5 Å². The van der Waals surface area contributed by atoms with E-state index < -0.39 is 12.3 Å². The Kier molecular flexibility index (Phi) is 8.88. The first-order valence-corrected chi connectivity index (χ1v) is 14.5. The Balaban J connectivity index is 1.14. The number of halogens is 3. The van der Waals surface area contributed by atoms with Gasteiger partial charge in [0.1, 0.15) is 15.8 Å². The zero-order chi connectivity index (χ0) is 28.8. The number of nitrogens with one attached hydrogen (secondary N) is 2. The number of benzene rings is 2. The molecule has 0 aliphatic heterocycles. The van der Waals surface area contributed by atoms with Crippen LogP contribution in [0.1, 0.15) is 58.7 Å². The molecule has 0 saturated heterocycles. The summed E-state index contributed by atoms with van der Waals surface area (Å²) in [6.07, 6.45) is -1.07. The average Bonchev–Trinajstić information content (AvgIpc) is 3.58. The molecule has 1 aliphatic rings. The summed E-state index contributed by atoms with van der Waals surface area (Å²) in [7, 11) is 0. The fourth-order valence-electron chi connectivity index (χ4n) is 4.68. The maximum Gasteiger partial charge on any atom is 0.573 e. The summed E-state index contributed by atoms with van der Waals surface area (Å²) in [5, 5.41) is 24.9. The molecular weight excluding hydrogens is 577 g/mol. The van der Waals surface area contributed by atoms with Crippen LogP contribution in [0, 0.1) is 0 Å². The van der Waals surface area contributed by atoms with Crippen molar-refractivity contribution in [2.24, 2.45) is 0 Å². The summed E-state index contributed by atoms with van der Waals surface area (Å²) in [6, 6.07) is 14.8. The van der Waals surface area contributed by atoms with Gasteiger partial charge in [-0.1, -0.05) is 71.6 Å². The van der Waals surface area contributed by atoms with Crippen molar-refractivity contribution in [2.75, 3.05) is 10.6 Å². The summed E-state index contributed by atoms with van der Waals surface area (Å²) in [4.78, 5) is 24.9. The highest BCUT2D eigenvalue weighted by Crippen LogP contribution is 2.43. The minimum atomic E-state index is -4.81. The number of amides is 2. The summed E-state index contributed by atoms with van der Waals surface area (Å²) in [5.41, 5.74) is 1.29. The third-order valence-electron chi connectivity index (χ3n) is 6.45. The lowest BCUT2D eigenvalue weighted by atomic mass is 9.82. The van der Waals surface area contributed by atoms with Gasteiger partial charge in [0.15, 0.2) is 0 Å². The Morgan fingerprint density at radius 1 is 0.805 bits per heavy atom. The SMILES string of the molecule is O=C(Cc1ccccc1)Nc1nnc(C2CCC[C@H](c3nnc(NC(=O)Cc4cccc(OC(F)(F)F)c4)s3)C2)s1. The van der Waals surface area contributed by atoms with Gasteiger partial charge in [-0.3, -0.25) is 9.59 Å². The van der Waals surface area contributed by atoms with Crippen LogP contribution in [0.5, 0.6) is 5.75 Å². The molecular formula is C27H25F3N6O3S2. The maximum atomic E-state index is 12.5. The first-order chi connectivity index (χ1) is 19.7. The lowest BCUT2D eigenvalue weighted by Gasteiger charge is -2.25. The highest BCUT2D eigenvalue weighted by molar-refractivity contribution is 7.15. The first-order valence-electron chi connectivity index (χ1n) is 12.9. The molecule has 5 rings (SSSR count). The number of carbonyl (C=O) groups excluding carboxylic acids is 2. The monoisotopic (exact) mass is 602 g/mol. The number of hydrogen-bond donors (Lipinski definition) is 2. The molecule has 1 aliphatic carbocycles. The van der Waals surface area contributed by atoms with E-state index in [-0.39, 0.29) is 36.3 Å². The number of nitrogens with zero attached hydrogens (tertiary/aromatic N) is 4. The molecule has 2 aromatic carbocycles. The van der Waals surface area contributed by atoms with Crippen LogP contribution >= 0.6 is 22.7 Å². The molecule has 9 nitrogen and oxygen atoms in total. The third kappa shape index (κ3) is 8.30. The van der Waals surface area contributed by atoms with Gasteiger partial charge in [0.05, 0.1) is 12.8 Å². The molecule has 0 spiro atoms. The molecule has 14 heteroatoms. The van der Waals surface area contributed by atoms with Crippen molar-refractivity contribution in [1.82, 2.24) is 20.4 Å². The number of ether oxygens (including phenoxy) is 1. The Morgan fingerprint density at radius 2 is 1.37 bits per heavy atom. The van der Waals surface area contributed by atoms with Gasteiger partial charge in [0.25, 0.3) is 0 Å². The molecule has 2 amide bonds. The van der Waals surface area contributed by atoms with Gasteiger partial charge >= 0.3 is 6.36 Å². The number of carbonyl (C=O) groups is 2. The summed E-state index contributed by atoms with van der Waals surface area (Å²) < 4.78 is 41.3. The van der Waals surface area contributed by atoms with Gasteiger partial charge < -0.3 is 15.4 Å². The van der Waals surface area contributed by atoms with Crippen molar-refractivity contribution in [1.29, 1.82) is 0 Å². The van der Waals surface area contributed by atoms with E-state index in [0.717, 1.165) is 41.3 Å². The fraction of sp³-hybridized carbons (Fsp3) is 0.333. The van der Waals surface area contributed by atoms with Crippen LogP contribution in [0.3, 0.4) is 0 Å². The van der Waals surface area contributed by atoms with E-state index in [1.54, 1.807) is 6.07 Å². The van der Waals surface area contributed by atoms with Crippen LogP contribution in [0.2, 0.25) is 0 Å². The summed E-state index contributed by atoms with van der Waals surface area (Å²) >= 11 is 2.66. The van der Waals surface area contributed by atoms with Crippen LogP contribution in [0.25, 0.3) is 0 Å². The maximum absolute atomic E-state index is 12.5. The quantitative estimate of drug-likeness (QED) is 0.238. The average molecular weight is 603 g/mol. The molecule has 2 heterocycles. The Bertz CT molecular complexity index is 1490. The lowest BCUT2D eigenvalue weighted by Crippen LogP contribution is -2.17. The van der Waals surface area contributed by atoms with E-state index in [0.29, 0.717) is 15.8 Å². The second kappa shape index (κ2) is 12.7. The van der Waals surface area contributed by atoms with E-state index in [2.05, 4.69) is 35.8 Å². The zero-order valence-corrected chi connectivity index (χ0v) is 23.2. The molecule has 0 radical (unpaired) electrons.